The molecule has 0 radical (unpaired) electrons. The molecule has 0 aromatic carbocycles. The van der Waals surface area contributed by atoms with E-state index in [1.54, 1.807) is 0 Å². The van der Waals surface area contributed by atoms with Crippen LogP contribution in [0.1, 0.15) is 90.9 Å². The van der Waals surface area contributed by atoms with Crippen molar-refractivity contribution < 1.29 is 37.6 Å². The van der Waals surface area contributed by atoms with E-state index in [1.165, 1.54) is 6.42 Å². The molecule has 35 heavy (non-hydrogen) atoms. The highest BCUT2D eigenvalue weighted by atomic mass is 31.2. The summed E-state index contributed by atoms with van der Waals surface area (Å²) in [4.78, 5) is 33.5. The molecule has 0 aromatic heterocycles. The molecule has 0 aliphatic carbocycles. The molecule has 2 atom stereocenters. The molecule has 0 heterocycles. The Morgan fingerprint density at radius 3 is 2.23 bits per heavy atom. The number of phosphoric ester groups is 1. The lowest BCUT2D eigenvalue weighted by Crippen LogP contribution is -2.29. The Hall–Kier alpha value is -1.51. The standard InChI is InChI=1S/C25H46NO8P/c1-3-5-6-7-8-9-10-11-12-13-14-15-16-18-25(28)34-23(21-31-24(27)17-4-2)22-33-35(29,30)32-20-19-26/h6-7,9-10,23H,3-5,8,11-22,26H2,1-2H3,(H,29,30)/b7-6-,10-9-. The Kier molecular flexibility index (Phi) is 21.9. The summed E-state index contributed by atoms with van der Waals surface area (Å²) < 4.78 is 31.7. The summed E-state index contributed by atoms with van der Waals surface area (Å²) in [6, 6.07) is 0. The number of allylic oxidation sites excluding steroid dienone is 4. The fraction of sp³-hybridized carbons (Fsp3) is 0.760. The number of rotatable bonds is 23. The van der Waals surface area contributed by atoms with Gasteiger partial charge >= 0.3 is 19.8 Å². The fourth-order valence-electron chi connectivity index (χ4n) is 2.94. The quantitative estimate of drug-likeness (QED) is 0.0791. The first-order chi connectivity index (χ1) is 16.8. The molecule has 10 heteroatoms. The van der Waals surface area contributed by atoms with Gasteiger partial charge in [0.15, 0.2) is 6.10 Å². The van der Waals surface area contributed by atoms with E-state index in [0.717, 1.165) is 44.9 Å². The SMILES string of the molecule is CCC/C=C\C/C=C\CCCCCCCC(=O)OC(COC(=O)CCC)COP(=O)(O)OCCN. The minimum Gasteiger partial charge on any atom is -0.462 e. The second-order valence-corrected chi connectivity index (χ2v) is 9.66. The van der Waals surface area contributed by atoms with Crippen LogP contribution in [0.4, 0.5) is 0 Å². The average molecular weight is 520 g/mol. The highest BCUT2D eigenvalue weighted by molar-refractivity contribution is 7.47. The Labute approximate surface area is 211 Å². The van der Waals surface area contributed by atoms with Gasteiger partial charge in [0.2, 0.25) is 0 Å². The lowest BCUT2D eigenvalue weighted by Gasteiger charge is -2.19. The molecule has 0 bridgehead atoms. The maximum atomic E-state index is 12.2. The first kappa shape index (κ1) is 33.5. The van der Waals surface area contributed by atoms with Crippen LogP contribution in [0.15, 0.2) is 24.3 Å². The second kappa shape index (κ2) is 22.9. The van der Waals surface area contributed by atoms with E-state index < -0.39 is 32.5 Å². The number of esters is 2. The monoisotopic (exact) mass is 519 g/mol. The van der Waals surface area contributed by atoms with Crippen LogP contribution in [0.2, 0.25) is 0 Å². The number of unbranched alkanes of at least 4 members (excludes halogenated alkanes) is 6. The van der Waals surface area contributed by atoms with Crippen LogP contribution in [-0.4, -0.2) is 49.3 Å². The molecule has 2 unspecified atom stereocenters. The van der Waals surface area contributed by atoms with E-state index in [9.17, 15) is 19.0 Å². The van der Waals surface area contributed by atoms with Crippen molar-refractivity contribution in [1.82, 2.24) is 0 Å². The predicted molar refractivity (Wildman–Crippen MR) is 137 cm³/mol. The Morgan fingerprint density at radius 1 is 0.857 bits per heavy atom. The first-order valence-corrected chi connectivity index (χ1v) is 14.3. The molecule has 3 N–H and O–H groups in total. The summed E-state index contributed by atoms with van der Waals surface area (Å²) in [6.07, 6.45) is 18.1. The summed E-state index contributed by atoms with van der Waals surface area (Å²) in [5, 5.41) is 0. The zero-order valence-electron chi connectivity index (χ0n) is 21.5. The van der Waals surface area contributed by atoms with Crippen LogP contribution < -0.4 is 5.73 Å². The van der Waals surface area contributed by atoms with E-state index in [0.29, 0.717) is 12.8 Å². The van der Waals surface area contributed by atoms with Gasteiger partial charge in [-0.25, -0.2) is 4.57 Å². The number of hydrogen-bond donors (Lipinski definition) is 2. The van der Waals surface area contributed by atoms with Gasteiger partial charge in [-0.2, -0.15) is 0 Å². The Bertz CT molecular complexity index is 653. The first-order valence-electron chi connectivity index (χ1n) is 12.8. The highest BCUT2D eigenvalue weighted by Crippen LogP contribution is 2.43. The van der Waals surface area contributed by atoms with E-state index in [2.05, 4.69) is 35.8 Å². The van der Waals surface area contributed by atoms with Crippen molar-refractivity contribution in [2.24, 2.45) is 5.73 Å². The van der Waals surface area contributed by atoms with E-state index >= 15 is 0 Å². The van der Waals surface area contributed by atoms with Gasteiger partial charge in [0.05, 0.1) is 13.2 Å². The highest BCUT2D eigenvalue weighted by Gasteiger charge is 2.25. The van der Waals surface area contributed by atoms with Crippen LogP contribution in [0.3, 0.4) is 0 Å². The van der Waals surface area contributed by atoms with Crippen molar-refractivity contribution in [2.45, 2.75) is 97.0 Å². The van der Waals surface area contributed by atoms with E-state index in [1.807, 2.05) is 6.92 Å². The van der Waals surface area contributed by atoms with Gasteiger partial charge in [-0.05, 0) is 38.5 Å². The van der Waals surface area contributed by atoms with Crippen LogP contribution in [0.25, 0.3) is 0 Å². The number of carbonyl (C=O) groups is 2. The summed E-state index contributed by atoms with van der Waals surface area (Å²) in [6.45, 7) is 3.20. The molecule has 0 aromatic rings. The number of ether oxygens (including phenoxy) is 2. The Balaban J connectivity index is 4.19. The molecular formula is C25H46NO8P. The normalized spacial score (nSPS) is 14.3. The Morgan fingerprint density at radius 2 is 1.54 bits per heavy atom. The molecule has 0 aliphatic heterocycles. The summed E-state index contributed by atoms with van der Waals surface area (Å²) in [5.41, 5.74) is 5.24. The van der Waals surface area contributed by atoms with Crippen LogP contribution in [-0.2, 0) is 32.7 Å². The number of nitrogens with two attached hydrogens (primary N) is 1. The fourth-order valence-corrected chi connectivity index (χ4v) is 3.71. The van der Waals surface area contributed by atoms with Gasteiger partial charge in [0, 0.05) is 19.4 Å². The van der Waals surface area contributed by atoms with Crippen molar-refractivity contribution in [1.29, 1.82) is 0 Å². The van der Waals surface area contributed by atoms with Crippen molar-refractivity contribution >= 4 is 19.8 Å². The molecule has 0 saturated heterocycles. The topological polar surface area (TPSA) is 134 Å². The summed E-state index contributed by atoms with van der Waals surface area (Å²) in [7, 11) is -4.34. The largest absolute Gasteiger partial charge is 0.472 e. The smallest absolute Gasteiger partial charge is 0.462 e. The van der Waals surface area contributed by atoms with Crippen molar-refractivity contribution in [3.05, 3.63) is 24.3 Å². The van der Waals surface area contributed by atoms with Crippen molar-refractivity contribution in [2.75, 3.05) is 26.4 Å². The zero-order valence-corrected chi connectivity index (χ0v) is 22.4. The molecule has 204 valence electrons. The molecule has 0 rings (SSSR count). The van der Waals surface area contributed by atoms with Crippen molar-refractivity contribution in [3.63, 3.8) is 0 Å². The lowest BCUT2D eigenvalue weighted by atomic mass is 10.1. The van der Waals surface area contributed by atoms with Gasteiger partial charge in [-0.1, -0.05) is 63.8 Å². The summed E-state index contributed by atoms with van der Waals surface area (Å²) in [5.74, 6) is -0.914. The van der Waals surface area contributed by atoms with Crippen LogP contribution in [0.5, 0.6) is 0 Å². The zero-order chi connectivity index (χ0) is 26.2. The van der Waals surface area contributed by atoms with Gasteiger partial charge in [-0.15, -0.1) is 0 Å². The molecule has 9 nitrogen and oxygen atoms in total. The molecule has 0 fully saturated rings. The number of phosphoric acid groups is 1. The third-order valence-corrected chi connectivity index (χ3v) is 5.78. The van der Waals surface area contributed by atoms with Gasteiger partial charge in [0.1, 0.15) is 6.61 Å². The average Bonchev–Trinajstić information content (AvgIpc) is 2.82. The van der Waals surface area contributed by atoms with E-state index in [-0.39, 0.29) is 32.6 Å². The van der Waals surface area contributed by atoms with Crippen LogP contribution >= 0.6 is 7.82 Å². The second-order valence-electron chi connectivity index (χ2n) is 8.20. The number of carbonyl (C=O) groups excluding carboxylic acids is 2. The maximum Gasteiger partial charge on any atom is 0.472 e. The minimum absolute atomic E-state index is 0.0500. The third-order valence-electron chi connectivity index (χ3n) is 4.79. The molecule has 0 saturated carbocycles. The van der Waals surface area contributed by atoms with Gasteiger partial charge < -0.3 is 20.1 Å². The molecule has 0 spiro atoms. The predicted octanol–water partition coefficient (Wildman–Crippen LogP) is 5.37. The summed E-state index contributed by atoms with van der Waals surface area (Å²) >= 11 is 0. The van der Waals surface area contributed by atoms with Crippen molar-refractivity contribution in [3.8, 4) is 0 Å². The number of hydrogen-bond acceptors (Lipinski definition) is 8. The molecule has 0 amide bonds. The van der Waals surface area contributed by atoms with Gasteiger partial charge in [-0.3, -0.25) is 18.6 Å². The third kappa shape index (κ3) is 22.7. The minimum atomic E-state index is -4.34. The lowest BCUT2D eigenvalue weighted by molar-refractivity contribution is -0.161. The van der Waals surface area contributed by atoms with Crippen LogP contribution in [0, 0.1) is 0 Å². The van der Waals surface area contributed by atoms with Gasteiger partial charge in [0.25, 0.3) is 0 Å². The van der Waals surface area contributed by atoms with E-state index in [4.69, 9.17) is 19.7 Å². The molecule has 0 aliphatic rings. The molecular weight excluding hydrogens is 473 g/mol. The maximum absolute atomic E-state index is 12.2.